The van der Waals surface area contributed by atoms with Crippen LogP contribution in [0.25, 0.3) is 0 Å². The molecule has 0 aliphatic carbocycles. The van der Waals surface area contributed by atoms with Crippen LogP contribution in [0.3, 0.4) is 0 Å². The Hall–Kier alpha value is -1.40. The number of hydrogen-bond donors (Lipinski definition) is 1. The number of carbonyl (C=O) groups is 3. The van der Waals surface area contributed by atoms with E-state index in [0.29, 0.717) is 28.6 Å². The molecule has 1 aliphatic rings. The van der Waals surface area contributed by atoms with E-state index in [2.05, 4.69) is 0 Å². The number of nitrogens with zero attached hydrogens (tertiary/aromatic N) is 1. The van der Waals surface area contributed by atoms with E-state index in [1.165, 1.54) is 16.2 Å². The summed E-state index contributed by atoms with van der Waals surface area (Å²) in [6, 6.07) is 2.53. The van der Waals surface area contributed by atoms with Crippen molar-refractivity contribution in [3.05, 3.63) is 21.3 Å². The summed E-state index contributed by atoms with van der Waals surface area (Å²) < 4.78 is 0.530. The Labute approximate surface area is 131 Å². The molecule has 7 heteroatoms. The van der Waals surface area contributed by atoms with Gasteiger partial charge in [0.25, 0.3) is 0 Å². The number of carboxylic acid groups (broad SMARTS) is 1. The van der Waals surface area contributed by atoms with E-state index in [-0.39, 0.29) is 18.1 Å². The number of rotatable bonds is 5. The van der Waals surface area contributed by atoms with Crippen molar-refractivity contribution < 1.29 is 19.5 Å². The van der Waals surface area contributed by atoms with E-state index >= 15 is 0 Å². The Kier molecular flexibility index (Phi) is 5.00. The van der Waals surface area contributed by atoms with Crippen molar-refractivity contribution in [1.29, 1.82) is 0 Å². The quantitative estimate of drug-likeness (QED) is 0.843. The smallest absolute Gasteiger partial charge is 0.326 e. The van der Waals surface area contributed by atoms with Crippen molar-refractivity contribution >= 4 is 40.6 Å². The highest BCUT2D eigenvalue weighted by molar-refractivity contribution is 7.18. The van der Waals surface area contributed by atoms with Crippen LogP contribution in [0.2, 0.25) is 4.34 Å². The second-order valence-electron chi connectivity index (χ2n) is 5.16. The average Bonchev–Trinajstić information content (AvgIpc) is 3.05. The summed E-state index contributed by atoms with van der Waals surface area (Å²) in [5, 5.41) is 9.10. The zero-order valence-corrected chi connectivity index (χ0v) is 13.1. The number of aliphatic carboxylic acids is 1. The number of carbonyl (C=O) groups excluding carboxylic acids is 2. The monoisotopic (exact) mass is 329 g/mol. The van der Waals surface area contributed by atoms with Crippen LogP contribution in [-0.4, -0.2) is 40.3 Å². The third kappa shape index (κ3) is 3.63. The normalized spacial score (nSPS) is 19.5. The molecule has 1 aromatic rings. The van der Waals surface area contributed by atoms with Crippen LogP contribution < -0.4 is 0 Å². The van der Waals surface area contributed by atoms with Crippen LogP contribution in [0, 0.1) is 5.92 Å². The van der Waals surface area contributed by atoms with Crippen molar-refractivity contribution in [2.24, 2.45) is 5.92 Å². The van der Waals surface area contributed by atoms with Crippen molar-refractivity contribution in [2.75, 3.05) is 6.54 Å². The van der Waals surface area contributed by atoms with Crippen molar-refractivity contribution in [2.45, 2.75) is 32.2 Å². The molecule has 1 amide bonds. The average molecular weight is 330 g/mol. The molecular formula is C14H16ClNO4S. The highest BCUT2D eigenvalue weighted by atomic mass is 35.5. The van der Waals surface area contributed by atoms with Crippen molar-refractivity contribution in [3.63, 3.8) is 0 Å². The fraction of sp³-hybridized carbons (Fsp3) is 0.500. The summed E-state index contributed by atoms with van der Waals surface area (Å²) in [6.45, 7) is 2.10. The summed E-state index contributed by atoms with van der Waals surface area (Å²) in [4.78, 5) is 37.4. The molecule has 0 bridgehead atoms. The van der Waals surface area contributed by atoms with Crippen molar-refractivity contribution in [1.82, 2.24) is 4.90 Å². The van der Waals surface area contributed by atoms with Gasteiger partial charge in [-0.15, -0.1) is 11.3 Å². The van der Waals surface area contributed by atoms with E-state index in [9.17, 15) is 14.4 Å². The fourth-order valence-electron chi connectivity index (χ4n) is 2.50. The lowest BCUT2D eigenvalue weighted by Gasteiger charge is -2.24. The number of halogens is 1. The maximum absolute atomic E-state index is 12.3. The molecule has 1 aliphatic heterocycles. The standard InChI is InChI=1S/C14H16ClNO4S/c1-8(7-10(17)11-4-5-12(15)21-11)13(18)16-6-2-3-9(16)14(19)20/h4-5,8-9H,2-3,6-7H2,1H3,(H,19,20)/t8?,9-/m0/s1. The van der Waals surface area contributed by atoms with Gasteiger partial charge in [0.15, 0.2) is 5.78 Å². The molecule has 5 nitrogen and oxygen atoms in total. The van der Waals surface area contributed by atoms with Gasteiger partial charge in [0, 0.05) is 18.9 Å². The topological polar surface area (TPSA) is 74.7 Å². The highest BCUT2D eigenvalue weighted by Crippen LogP contribution is 2.25. The number of amides is 1. The van der Waals surface area contributed by atoms with Gasteiger partial charge in [-0.25, -0.2) is 4.79 Å². The Morgan fingerprint density at radius 1 is 1.48 bits per heavy atom. The van der Waals surface area contributed by atoms with Crippen LogP contribution in [0.4, 0.5) is 0 Å². The maximum Gasteiger partial charge on any atom is 0.326 e. The second-order valence-corrected chi connectivity index (χ2v) is 6.88. The van der Waals surface area contributed by atoms with Gasteiger partial charge in [-0.1, -0.05) is 18.5 Å². The molecule has 1 saturated heterocycles. The first-order valence-electron chi connectivity index (χ1n) is 6.72. The summed E-state index contributed by atoms with van der Waals surface area (Å²) in [5.74, 6) is -1.92. The Balaban J connectivity index is 1.99. The lowest BCUT2D eigenvalue weighted by molar-refractivity contribution is -0.149. The zero-order valence-electron chi connectivity index (χ0n) is 11.5. The van der Waals surface area contributed by atoms with Gasteiger partial charge in [-0.3, -0.25) is 9.59 Å². The van der Waals surface area contributed by atoms with Crippen LogP contribution in [0.1, 0.15) is 35.9 Å². The molecule has 0 radical (unpaired) electrons. The minimum atomic E-state index is -0.982. The first-order valence-corrected chi connectivity index (χ1v) is 7.91. The molecule has 1 aromatic heterocycles. The minimum absolute atomic E-state index is 0.0680. The van der Waals surface area contributed by atoms with Gasteiger partial charge in [0.05, 0.1) is 9.21 Å². The fourth-order valence-corrected chi connectivity index (χ4v) is 3.49. The van der Waals surface area contributed by atoms with Crippen LogP contribution >= 0.6 is 22.9 Å². The maximum atomic E-state index is 12.3. The molecule has 1 N–H and O–H groups in total. The van der Waals surface area contributed by atoms with Gasteiger partial charge in [-0.2, -0.15) is 0 Å². The predicted molar refractivity (Wildman–Crippen MR) is 79.8 cm³/mol. The van der Waals surface area contributed by atoms with Gasteiger partial charge in [0.1, 0.15) is 6.04 Å². The predicted octanol–water partition coefficient (Wildman–Crippen LogP) is 2.69. The summed E-state index contributed by atoms with van der Waals surface area (Å²) >= 11 is 6.97. The third-order valence-corrected chi connectivity index (χ3v) is 4.85. The SMILES string of the molecule is CC(CC(=O)c1ccc(Cl)s1)C(=O)N1CCC[C@H]1C(=O)O. The second kappa shape index (κ2) is 6.58. The number of hydrogen-bond acceptors (Lipinski definition) is 4. The number of ketones is 1. The zero-order chi connectivity index (χ0) is 15.6. The van der Waals surface area contributed by atoms with Crippen molar-refractivity contribution in [3.8, 4) is 0 Å². The van der Waals surface area contributed by atoms with E-state index in [1.807, 2.05) is 0 Å². The van der Waals surface area contributed by atoms with E-state index < -0.39 is 17.9 Å². The molecule has 2 rings (SSSR count). The first kappa shape index (κ1) is 16.0. The number of likely N-dealkylation sites (tertiary alicyclic amines) is 1. The Morgan fingerprint density at radius 2 is 2.19 bits per heavy atom. The van der Waals surface area contributed by atoms with E-state index in [1.54, 1.807) is 19.1 Å². The van der Waals surface area contributed by atoms with Gasteiger partial charge in [0.2, 0.25) is 5.91 Å². The molecule has 114 valence electrons. The molecule has 21 heavy (non-hydrogen) atoms. The largest absolute Gasteiger partial charge is 0.480 e. The highest BCUT2D eigenvalue weighted by Gasteiger charge is 2.36. The Morgan fingerprint density at radius 3 is 2.76 bits per heavy atom. The van der Waals surface area contributed by atoms with E-state index in [0.717, 1.165) is 0 Å². The number of carboxylic acids is 1. The molecular weight excluding hydrogens is 314 g/mol. The summed E-state index contributed by atoms with van der Waals surface area (Å²) in [5.41, 5.74) is 0. The van der Waals surface area contributed by atoms with Crippen LogP contribution in [0.5, 0.6) is 0 Å². The van der Waals surface area contributed by atoms with Gasteiger partial charge in [-0.05, 0) is 25.0 Å². The molecule has 1 fully saturated rings. The molecule has 2 heterocycles. The van der Waals surface area contributed by atoms with Gasteiger partial charge >= 0.3 is 5.97 Å². The van der Waals surface area contributed by atoms with Gasteiger partial charge < -0.3 is 10.0 Å². The molecule has 1 unspecified atom stereocenters. The summed E-state index contributed by atoms with van der Waals surface area (Å²) in [6.07, 6.45) is 1.23. The van der Waals surface area contributed by atoms with E-state index in [4.69, 9.17) is 16.7 Å². The third-order valence-electron chi connectivity index (χ3n) is 3.58. The lowest BCUT2D eigenvalue weighted by atomic mass is 10.0. The first-order chi connectivity index (χ1) is 9.90. The summed E-state index contributed by atoms with van der Waals surface area (Å²) in [7, 11) is 0. The number of Topliss-reactive ketones (excluding diaryl/α,β-unsaturated/α-hetero) is 1. The number of thiophene rings is 1. The molecule has 0 aromatic carbocycles. The lowest BCUT2D eigenvalue weighted by Crippen LogP contribution is -2.43. The van der Waals surface area contributed by atoms with Crippen LogP contribution in [-0.2, 0) is 9.59 Å². The Bertz CT molecular complexity index is 571. The minimum Gasteiger partial charge on any atom is -0.480 e. The van der Waals surface area contributed by atoms with Crippen LogP contribution in [0.15, 0.2) is 12.1 Å². The molecule has 0 spiro atoms. The molecule has 2 atom stereocenters. The molecule has 0 saturated carbocycles.